The van der Waals surface area contributed by atoms with E-state index in [4.69, 9.17) is 14.2 Å². The van der Waals surface area contributed by atoms with Gasteiger partial charge in [-0.05, 0) is 56.5 Å². The maximum absolute atomic E-state index is 13.0. The van der Waals surface area contributed by atoms with E-state index in [-0.39, 0.29) is 25.0 Å². The lowest BCUT2D eigenvalue weighted by atomic mass is 9.99. The molecule has 2 aromatic heterocycles. The molecule has 2 bridgehead atoms. The highest BCUT2D eigenvalue weighted by Crippen LogP contribution is 2.37. The molecular formula is C27H30N4O7S. The van der Waals surface area contributed by atoms with Gasteiger partial charge in [0, 0.05) is 41.3 Å². The first-order valence-electron chi connectivity index (χ1n) is 13.4. The molecule has 3 aliphatic heterocycles. The highest BCUT2D eigenvalue weighted by Gasteiger charge is 2.41. The Labute approximate surface area is 227 Å². The van der Waals surface area contributed by atoms with Crippen molar-refractivity contribution in [1.82, 2.24) is 19.0 Å². The Morgan fingerprint density at radius 3 is 2.41 bits per heavy atom. The first-order valence-corrected chi connectivity index (χ1v) is 14.2. The molecule has 12 heteroatoms. The van der Waals surface area contributed by atoms with Crippen molar-refractivity contribution >= 4 is 33.4 Å². The maximum Gasteiger partial charge on any atom is 0.421 e. The van der Waals surface area contributed by atoms with Crippen molar-refractivity contribution in [3.05, 3.63) is 62.0 Å². The summed E-state index contributed by atoms with van der Waals surface area (Å²) in [5.41, 5.74) is -1.32. The van der Waals surface area contributed by atoms with E-state index in [1.54, 1.807) is 18.3 Å². The monoisotopic (exact) mass is 554 g/mol. The molecule has 6 rings (SSSR count). The average molecular weight is 555 g/mol. The number of piperidine rings is 1. The first-order chi connectivity index (χ1) is 18.9. The van der Waals surface area contributed by atoms with Gasteiger partial charge in [0.1, 0.15) is 0 Å². The van der Waals surface area contributed by atoms with E-state index in [1.807, 2.05) is 0 Å². The number of nitrogens with zero attached hydrogens (tertiary/aromatic N) is 4. The second kappa shape index (κ2) is 10.7. The molecule has 0 aliphatic carbocycles. The van der Waals surface area contributed by atoms with E-state index in [1.165, 1.54) is 19.5 Å². The van der Waals surface area contributed by atoms with E-state index in [0.717, 1.165) is 36.8 Å². The summed E-state index contributed by atoms with van der Waals surface area (Å²) in [5, 5.41) is 1.26. The maximum atomic E-state index is 13.0. The molecule has 5 heterocycles. The van der Waals surface area contributed by atoms with Gasteiger partial charge < -0.3 is 14.2 Å². The van der Waals surface area contributed by atoms with Gasteiger partial charge in [-0.2, -0.15) is 4.98 Å². The Hall–Kier alpha value is -3.35. The van der Waals surface area contributed by atoms with E-state index in [2.05, 4.69) is 40.2 Å². The summed E-state index contributed by atoms with van der Waals surface area (Å²) in [6.07, 6.45) is 3.60. The standard InChI is InChI=1S/C27H30N4O7S/c1-2-29-22(25-37-23(32)24(33)38-25)28-26(34)31(27(29)35)11-5-10-30-17-8-9-18(30)14-19(13-17)36-15-20-12-16-6-3-4-7-21(16)39-20/h3-4,6-7,12,17-19,25H,2,5,8-11,13-15H2,1H3. The van der Waals surface area contributed by atoms with Crippen molar-refractivity contribution in [1.29, 1.82) is 0 Å². The number of carbonyl (C=O) groups excluding carboxylic acids is 2. The third-order valence-corrected chi connectivity index (χ3v) is 8.97. The van der Waals surface area contributed by atoms with Crippen LogP contribution >= 0.6 is 11.3 Å². The Morgan fingerprint density at radius 1 is 1.00 bits per heavy atom. The average Bonchev–Trinajstić information content (AvgIpc) is 3.56. The van der Waals surface area contributed by atoms with Gasteiger partial charge in [0.2, 0.25) is 5.82 Å². The molecule has 206 valence electrons. The van der Waals surface area contributed by atoms with Crippen LogP contribution in [0.2, 0.25) is 0 Å². The van der Waals surface area contributed by atoms with Crippen LogP contribution in [0.25, 0.3) is 10.1 Å². The van der Waals surface area contributed by atoms with Gasteiger partial charge >= 0.3 is 29.6 Å². The van der Waals surface area contributed by atoms with Gasteiger partial charge in [-0.15, -0.1) is 11.3 Å². The van der Waals surface area contributed by atoms with Crippen molar-refractivity contribution in [2.24, 2.45) is 0 Å². The fraction of sp³-hybridized carbons (Fsp3) is 0.519. The number of ether oxygens (including phenoxy) is 3. The van der Waals surface area contributed by atoms with Gasteiger partial charge in [-0.25, -0.2) is 23.7 Å². The van der Waals surface area contributed by atoms with Crippen LogP contribution < -0.4 is 11.4 Å². The highest BCUT2D eigenvalue weighted by molar-refractivity contribution is 7.19. The van der Waals surface area contributed by atoms with Crippen LogP contribution in [0.1, 0.15) is 56.0 Å². The van der Waals surface area contributed by atoms with Gasteiger partial charge in [-0.1, -0.05) is 18.2 Å². The van der Waals surface area contributed by atoms with Crippen LogP contribution in [0.15, 0.2) is 39.9 Å². The molecule has 0 N–H and O–H groups in total. The molecule has 0 saturated carbocycles. The summed E-state index contributed by atoms with van der Waals surface area (Å²) in [6, 6.07) is 11.5. The Morgan fingerprint density at radius 2 is 1.72 bits per heavy atom. The second-order valence-corrected chi connectivity index (χ2v) is 11.4. The van der Waals surface area contributed by atoms with Crippen molar-refractivity contribution in [3.8, 4) is 0 Å². The predicted octanol–water partition coefficient (Wildman–Crippen LogP) is 2.34. The molecule has 3 saturated heterocycles. The fourth-order valence-electron chi connectivity index (χ4n) is 6.08. The number of fused-ring (bicyclic) bond motifs is 3. The molecule has 3 aliphatic rings. The van der Waals surface area contributed by atoms with Gasteiger partial charge in [0.25, 0.3) is 0 Å². The van der Waals surface area contributed by atoms with Crippen molar-refractivity contribution in [3.63, 3.8) is 0 Å². The summed E-state index contributed by atoms with van der Waals surface area (Å²) in [7, 11) is 0. The van der Waals surface area contributed by atoms with Crippen LogP contribution in [-0.2, 0) is 43.5 Å². The lowest BCUT2D eigenvalue weighted by Crippen LogP contribution is -2.47. The Bertz CT molecular complexity index is 1470. The molecule has 39 heavy (non-hydrogen) atoms. The normalized spacial score (nSPS) is 23.5. The molecule has 0 radical (unpaired) electrons. The number of cyclic esters (lactones) is 2. The highest BCUT2D eigenvalue weighted by atomic mass is 32.1. The molecule has 0 amide bonds. The third-order valence-electron chi connectivity index (χ3n) is 7.88. The van der Waals surface area contributed by atoms with Crippen LogP contribution in [0, 0.1) is 0 Å². The number of hydrogen-bond acceptors (Lipinski definition) is 10. The predicted molar refractivity (Wildman–Crippen MR) is 141 cm³/mol. The first kappa shape index (κ1) is 25.9. The number of thiophene rings is 1. The molecule has 3 fully saturated rings. The van der Waals surface area contributed by atoms with Crippen molar-refractivity contribution in [2.75, 3.05) is 6.54 Å². The zero-order valence-corrected chi connectivity index (χ0v) is 22.4. The topological polar surface area (TPSA) is 122 Å². The molecule has 2 unspecified atom stereocenters. The van der Waals surface area contributed by atoms with Crippen LogP contribution in [0.5, 0.6) is 0 Å². The smallest absolute Gasteiger partial charge is 0.409 e. The van der Waals surface area contributed by atoms with Crippen LogP contribution in [0.3, 0.4) is 0 Å². The van der Waals surface area contributed by atoms with Gasteiger partial charge in [-0.3, -0.25) is 9.47 Å². The minimum atomic E-state index is -1.49. The molecule has 11 nitrogen and oxygen atoms in total. The number of aromatic nitrogens is 3. The van der Waals surface area contributed by atoms with Crippen LogP contribution in [0.4, 0.5) is 0 Å². The second-order valence-electron chi connectivity index (χ2n) is 10.2. The lowest BCUT2D eigenvalue weighted by molar-refractivity contribution is -0.150. The Kier molecular flexibility index (Phi) is 7.08. The van der Waals surface area contributed by atoms with Crippen molar-refractivity contribution < 1.29 is 23.8 Å². The zero-order valence-electron chi connectivity index (χ0n) is 21.6. The van der Waals surface area contributed by atoms with Crippen molar-refractivity contribution in [2.45, 2.75) is 83.2 Å². The minimum absolute atomic E-state index is 0.173. The number of esters is 2. The van der Waals surface area contributed by atoms with Gasteiger partial charge in [0.15, 0.2) is 0 Å². The van der Waals surface area contributed by atoms with E-state index >= 15 is 0 Å². The molecule has 1 aromatic carbocycles. The van der Waals surface area contributed by atoms with E-state index in [9.17, 15) is 19.2 Å². The summed E-state index contributed by atoms with van der Waals surface area (Å²) < 4.78 is 19.5. The summed E-state index contributed by atoms with van der Waals surface area (Å²) in [6.45, 7) is 3.50. The quantitative estimate of drug-likeness (QED) is 0.290. The summed E-state index contributed by atoms with van der Waals surface area (Å²) in [4.78, 5) is 56.2. The largest absolute Gasteiger partial charge is 0.421 e. The minimum Gasteiger partial charge on any atom is -0.409 e. The zero-order chi connectivity index (χ0) is 27.1. The molecule has 0 spiro atoms. The number of benzene rings is 1. The van der Waals surface area contributed by atoms with Gasteiger partial charge in [0.05, 0.1) is 12.7 Å². The van der Waals surface area contributed by atoms with E-state index < -0.39 is 29.6 Å². The molecule has 3 aromatic rings. The number of rotatable bonds is 9. The van der Waals surface area contributed by atoms with E-state index in [0.29, 0.717) is 25.1 Å². The number of hydrogen-bond donors (Lipinski definition) is 0. The Balaban J connectivity index is 1.05. The summed E-state index contributed by atoms with van der Waals surface area (Å²) in [5.74, 6) is -2.53. The lowest BCUT2D eigenvalue weighted by Gasteiger charge is -2.38. The third kappa shape index (κ3) is 5.04. The van der Waals surface area contributed by atoms with Crippen LogP contribution in [-0.4, -0.2) is 55.7 Å². The number of carbonyl (C=O) groups is 2. The SMILES string of the molecule is CCn1c(C2OC(=O)C(=O)O2)nc(=O)n(CCCN2C3CCC2CC(OCc2cc4ccccc4s2)C3)c1=O. The molecule has 2 atom stereocenters. The molecular weight excluding hydrogens is 524 g/mol. The summed E-state index contributed by atoms with van der Waals surface area (Å²) >= 11 is 1.79. The fourth-order valence-corrected chi connectivity index (χ4v) is 7.06.